The van der Waals surface area contributed by atoms with Crippen LogP contribution in [0.2, 0.25) is 0 Å². The Kier molecular flexibility index (Phi) is 9.08. The number of sulfonamides is 1. The summed E-state index contributed by atoms with van der Waals surface area (Å²) in [6.45, 7) is 7.10. The second kappa shape index (κ2) is 12.1. The topological polar surface area (TPSA) is 143 Å². The predicted octanol–water partition coefficient (Wildman–Crippen LogP) is 3.07. The highest BCUT2D eigenvalue weighted by atomic mass is 32.2. The Bertz CT molecular complexity index is 1510. The van der Waals surface area contributed by atoms with Crippen LogP contribution in [0.25, 0.3) is 26.8 Å². The van der Waals surface area contributed by atoms with Gasteiger partial charge in [0.2, 0.25) is 0 Å². The number of rotatable bonds is 9. The third-order valence-corrected chi connectivity index (χ3v) is 9.74. The summed E-state index contributed by atoms with van der Waals surface area (Å²) in [6.07, 6.45) is -5.25. The summed E-state index contributed by atoms with van der Waals surface area (Å²) in [6, 6.07) is 18.1. The van der Waals surface area contributed by atoms with Crippen LogP contribution in [-0.4, -0.2) is 74.4 Å². The van der Waals surface area contributed by atoms with E-state index in [2.05, 4.69) is 53.8 Å². The number of thiophene rings is 1. The van der Waals surface area contributed by atoms with Crippen molar-refractivity contribution in [3.05, 3.63) is 58.3 Å². The first kappa shape index (κ1) is 29.2. The molecule has 9 nitrogen and oxygen atoms in total. The number of aliphatic hydroxyl groups is 3. The number of nitriles is 1. The van der Waals surface area contributed by atoms with Crippen LogP contribution in [0.1, 0.15) is 25.6 Å². The van der Waals surface area contributed by atoms with Crippen molar-refractivity contribution in [1.29, 1.82) is 5.26 Å². The van der Waals surface area contributed by atoms with E-state index >= 15 is 0 Å². The van der Waals surface area contributed by atoms with Gasteiger partial charge in [-0.25, -0.2) is 13.1 Å². The maximum Gasteiger partial charge on any atom is 0.251 e. The predicted molar refractivity (Wildman–Crippen MR) is 154 cm³/mol. The molecule has 11 heteroatoms. The molecule has 0 unspecified atom stereocenters. The fourth-order valence-corrected chi connectivity index (χ4v) is 6.87. The van der Waals surface area contributed by atoms with Crippen LogP contribution in [0.3, 0.4) is 0 Å². The number of fused-ring (bicyclic) bond motifs is 1. The summed E-state index contributed by atoms with van der Waals surface area (Å²) < 4.78 is 33.5. The quantitative estimate of drug-likeness (QED) is 0.287. The molecule has 0 bridgehead atoms. The minimum absolute atomic E-state index is 0.242. The van der Waals surface area contributed by atoms with Crippen molar-refractivity contribution in [2.45, 2.75) is 45.2 Å². The van der Waals surface area contributed by atoms with Crippen LogP contribution in [0.15, 0.2) is 53.4 Å². The van der Waals surface area contributed by atoms with Gasteiger partial charge >= 0.3 is 0 Å². The van der Waals surface area contributed by atoms with E-state index in [9.17, 15) is 29.0 Å². The van der Waals surface area contributed by atoms with Gasteiger partial charge < -0.3 is 25.0 Å². The number of hydrogen-bond donors (Lipinski definition) is 4. The number of ether oxygens (including phenoxy) is 1. The van der Waals surface area contributed by atoms with E-state index in [1.54, 1.807) is 19.1 Å². The van der Waals surface area contributed by atoms with Crippen LogP contribution in [0, 0.1) is 11.3 Å². The molecule has 3 aromatic rings. The van der Waals surface area contributed by atoms with Crippen molar-refractivity contribution in [3.63, 3.8) is 0 Å². The average molecular weight is 572 g/mol. The van der Waals surface area contributed by atoms with Crippen molar-refractivity contribution < 1.29 is 28.5 Å². The van der Waals surface area contributed by atoms with Gasteiger partial charge in [0, 0.05) is 35.1 Å². The highest BCUT2D eigenvalue weighted by Gasteiger charge is 2.38. The molecule has 1 fully saturated rings. The number of nitrogens with zero attached hydrogens (tertiary/aromatic N) is 2. The Morgan fingerprint density at radius 2 is 1.77 bits per heavy atom. The smallest absolute Gasteiger partial charge is 0.251 e. The lowest BCUT2D eigenvalue weighted by atomic mass is 10.0. The van der Waals surface area contributed by atoms with E-state index in [0.29, 0.717) is 10.5 Å². The zero-order valence-electron chi connectivity index (χ0n) is 22.0. The lowest BCUT2D eigenvalue weighted by molar-refractivity contribution is -0.184. The van der Waals surface area contributed by atoms with Crippen LogP contribution in [-0.2, 0) is 14.8 Å². The SMILES string of the molecule is CCN(CC)c1ccc2cc(-c3ccc(/C(C)=C(\C#N)S(=O)(=O)NC[C@H]4OC[C@H](O)[C@@H](O)[C@@H]4O)s3)ccc2c1. The molecule has 2 heterocycles. The van der Waals surface area contributed by atoms with Gasteiger partial charge in [0.05, 0.1) is 12.7 Å². The van der Waals surface area contributed by atoms with E-state index in [1.165, 1.54) is 17.0 Å². The fourth-order valence-electron chi connectivity index (χ4n) is 4.63. The third-order valence-electron chi connectivity index (χ3n) is 7.00. The molecule has 1 saturated heterocycles. The molecule has 0 aliphatic carbocycles. The van der Waals surface area contributed by atoms with Crippen molar-refractivity contribution >= 4 is 43.4 Å². The standard InChI is InChI=1S/C28H33N3O6S2/c1-4-31(5-2)21-9-8-18-12-20(7-6-19(18)13-21)25-11-10-24(38-25)17(3)26(14-29)39(35,36)30-15-23-28(34)27(33)22(32)16-37-23/h6-13,22-23,27-28,30,32-34H,4-5,15-16H2,1-3H3/b26-17+/t22-,23+,27+,28+/m0/s1. The fraction of sp³-hybridized carbons (Fsp3) is 0.393. The van der Waals surface area contributed by atoms with E-state index in [1.807, 2.05) is 12.1 Å². The first-order chi connectivity index (χ1) is 18.6. The molecular formula is C28H33N3O6S2. The van der Waals surface area contributed by atoms with Crippen LogP contribution < -0.4 is 9.62 Å². The van der Waals surface area contributed by atoms with E-state index in [0.717, 1.165) is 34.3 Å². The van der Waals surface area contributed by atoms with Gasteiger partial charge in [0.15, 0.2) is 4.91 Å². The summed E-state index contributed by atoms with van der Waals surface area (Å²) in [5, 5.41) is 41.4. The molecule has 1 aliphatic rings. The monoisotopic (exact) mass is 571 g/mol. The molecule has 4 rings (SSSR count). The van der Waals surface area contributed by atoms with Crippen molar-refractivity contribution in [2.75, 3.05) is 31.1 Å². The zero-order chi connectivity index (χ0) is 28.3. The van der Waals surface area contributed by atoms with Gasteiger partial charge in [-0.05, 0) is 73.0 Å². The van der Waals surface area contributed by atoms with Crippen molar-refractivity contribution in [2.24, 2.45) is 0 Å². The molecule has 208 valence electrons. The normalized spacial score (nSPS) is 22.4. The lowest BCUT2D eigenvalue weighted by Gasteiger charge is -2.35. The molecular weight excluding hydrogens is 538 g/mol. The molecule has 0 spiro atoms. The van der Waals surface area contributed by atoms with Gasteiger partial charge in [-0.3, -0.25) is 0 Å². The van der Waals surface area contributed by atoms with Gasteiger partial charge in [0.1, 0.15) is 24.4 Å². The maximum absolute atomic E-state index is 13.0. The van der Waals surface area contributed by atoms with Crippen molar-refractivity contribution in [1.82, 2.24) is 4.72 Å². The third kappa shape index (κ3) is 6.18. The van der Waals surface area contributed by atoms with Gasteiger partial charge in [0.25, 0.3) is 10.0 Å². The van der Waals surface area contributed by atoms with Crippen LogP contribution in [0.4, 0.5) is 5.69 Å². The Morgan fingerprint density at radius 1 is 1.08 bits per heavy atom. The summed E-state index contributed by atoms with van der Waals surface area (Å²) >= 11 is 1.39. The zero-order valence-corrected chi connectivity index (χ0v) is 23.7. The second-order valence-corrected chi connectivity index (χ2v) is 12.2. The second-order valence-electron chi connectivity index (χ2n) is 9.42. The van der Waals surface area contributed by atoms with Gasteiger partial charge in [-0.1, -0.05) is 18.2 Å². The minimum Gasteiger partial charge on any atom is -0.388 e. The van der Waals surface area contributed by atoms with E-state index in [4.69, 9.17) is 4.74 Å². The minimum atomic E-state index is -4.24. The molecule has 1 aromatic heterocycles. The molecule has 1 aliphatic heterocycles. The summed E-state index contributed by atoms with van der Waals surface area (Å²) in [5.74, 6) is 0. The average Bonchev–Trinajstić information content (AvgIpc) is 3.42. The Labute approximate surface area is 232 Å². The van der Waals surface area contributed by atoms with Gasteiger partial charge in [-0.15, -0.1) is 11.3 Å². The molecule has 4 N–H and O–H groups in total. The molecule has 0 saturated carbocycles. The number of benzene rings is 2. The summed E-state index contributed by atoms with van der Waals surface area (Å²) in [5.41, 5.74) is 2.47. The summed E-state index contributed by atoms with van der Waals surface area (Å²) in [7, 11) is -4.24. The van der Waals surface area contributed by atoms with E-state index < -0.39 is 39.3 Å². The first-order valence-corrected chi connectivity index (χ1v) is 15.0. The molecule has 0 radical (unpaired) electrons. The van der Waals surface area contributed by atoms with Crippen LogP contribution in [0.5, 0.6) is 0 Å². The molecule has 0 amide bonds. The summed E-state index contributed by atoms with van der Waals surface area (Å²) in [4.78, 5) is 3.43. The van der Waals surface area contributed by atoms with Gasteiger partial charge in [-0.2, -0.15) is 5.26 Å². The highest BCUT2D eigenvalue weighted by molar-refractivity contribution is 7.93. The Balaban J connectivity index is 1.55. The molecule has 39 heavy (non-hydrogen) atoms. The van der Waals surface area contributed by atoms with Crippen LogP contribution >= 0.6 is 11.3 Å². The Hall–Kier alpha value is -2.82. The number of anilines is 1. The number of nitrogens with one attached hydrogen (secondary N) is 1. The molecule has 4 atom stereocenters. The maximum atomic E-state index is 13.0. The largest absolute Gasteiger partial charge is 0.388 e. The first-order valence-electron chi connectivity index (χ1n) is 12.7. The van der Waals surface area contributed by atoms with E-state index in [-0.39, 0.29) is 13.2 Å². The highest BCUT2D eigenvalue weighted by Crippen LogP contribution is 2.35. The van der Waals surface area contributed by atoms with Crippen molar-refractivity contribution in [3.8, 4) is 16.5 Å². The molecule has 2 aromatic carbocycles. The number of allylic oxidation sites excluding steroid dienone is 2. The number of aliphatic hydroxyl groups excluding tert-OH is 3. The number of hydrogen-bond acceptors (Lipinski definition) is 9. The Morgan fingerprint density at radius 3 is 2.46 bits per heavy atom. The lowest BCUT2D eigenvalue weighted by Crippen LogP contribution is -2.56.